The van der Waals surface area contributed by atoms with E-state index in [1.165, 1.54) is 6.92 Å². The molecule has 0 aromatic rings. The molecular weight excluding hydrogens is 200 g/mol. The fourth-order valence-electron chi connectivity index (χ4n) is 0.923. The number of hydrogen-bond donors (Lipinski definition) is 2. The zero-order valence-corrected chi connectivity index (χ0v) is 8.91. The van der Waals surface area contributed by atoms with E-state index < -0.39 is 11.8 Å². The van der Waals surface area contributed by atoms with Gasteiger partial charge >= 0.3 is 0 Å². The van der Waals surface area contributed by atoms with E-state index in [9.17, 15) is 14.4 Å². The van der Waals surface area contributed by atoms with Crippen LogP contribution in [0.4, 0.5) is 0 Å². The number of ketones is 1. The van der Waals surface area contributed by atoms with Crippen LogP contribution in [0.1, 0.15) is 26.7 Å². The third-order valence-corrected chi connectivity index (χ3v) is 1.85. The zero-order chi connectivity index (χ0) is 11.8. The van der Waals surface area contributed by atoms with Crippen LogP contribution >= 0.6 is 0 Å². The van der Waals surface area contributed by atoms with Gasteiger partial charge in [-0.25, -0.2) is 5.90 Å². The molecule has 86 valence electrons. The van der Waals surface area contributed by atoms with Crippen molar-refractivity contribution in [3.63, 3.8) is 0 Å². The maximum Gasteiger partial charge on any atom is 0.254 e. The second-order valence-corrected chi connectivity index (χ2v) is 3.37. The lowest BCUT2D eigenvalue weighted by Crippen LogP contribution is -2.37. The normalized spacial score (nSPS) is 11.9. The molecule has 1 atom stereocenters. The molecule has 0 fully saturated rings. The highest BCUT2D eigenvalue weighted by molar-refractivity contribution is 5.96. The molecule has 0 bridgehead atoms. The number of hydrogen-bond acceptors (Lipinski definition) is 5. The molecule has 6 nitrogen and oxygen atoms in total. The van der Waals surface area contributed by atoms with Crippen LogP contribution in [0, 0.1) is 5.92 Å². The van der Waals surface area contributed by atoms with Crippen LogP contribution in [-0.2, 0) is 19.2 Å². The summed E-state index contributed by atoms with van der Waals surface area (Å²) in [5, 5.41) is 2.11. The van der Waals surface area contributed by atoms with Crippen molar-refractivity contribution < 1.29 is 19.2 Å². The van der Waals surface area contributed by atoms with Crippen molar-refractivity contribution in [2.24, 2.45) is 11.8 Å². The van der Waals surface area contributed by atoms with Gasteiger partial charge in [-0.15, -0.1) is 0 Å². The van der Waals surface area contributed by atoms with Gasteiger partial charge in [-0.3, -0.25) is 19.7 Å². The summed E-state index contributed by atoms with van der Waals surface area (Å²) in [6, 6.07) is 0. The summed E-state index contributed by atoms with van der Waals surface area (Å²) in [5.74, 6) is 3.30. The van der Waals surface area contributed by atoms with Crippen molar-refractivity contribution in [1.82, 2.24) is 5.32 Å². The lowest BCUT2D eigenvalue weighted by Gasteiger charge is -2.09. The van der Waals surface area contributed by atoms with Gasteiger partial charge in [0.1, 0.15) is 12.4 Å². The average molecular weight is 216 g/mol. The molecule has 0 aliphatic rings. The van der Waals surface area contributed by atoms with Crippen LogP contribution in [0.2, 0.25) is 0 Å². The fraction of sp³-hybridized carbons (Fsp3) is 0.667. The number of rotatable bonds is 6. The lowest BCUT2D eigenvalue weighted by atomic mass is 10.0. The van der Waals surface area contributed by atoms with Crippen LogP contribution in [0.15, 0.2) is 0 Å². The summed E-state index contributed by atoms with van der Waals surface area (Å²) in [5.41, 5.74) is 0. The number of carbonyl (C=O) groups excluding carboxylic acids is 3. The van der Waals surface area contributed by atoms with E-state index in [0.717, 1.165) is 0 Å². The van der Waals surface area contributed by atoms with Crippen molar-refractivity contribution >= 4 is 17.6 Å². The fourth-order valence-corrected chi connectivity index (χ4v) is 0.923. The second kappa shape index (κ2) is 7.08. The van der Waals surface area contributed by atoms with Crippen LogP contribution in [0.3, 0.4) is 0 Å². The van der Waals surface area contributed by atoms with E-state index in [4.69, 9.17) is 0 Å². The summed E-state index contributed by atoms with van der Waals surface area (Å²) in [6.07, 6.45) is 0.758. The Balaban J connectivity index is 3.88. The Morgan fingerprint density at radius 1 is 1.40 bits per heavy atom. The molecular formula is C9H16N2O4. The third-order valence-electron chi connectivity index (χ3n) is 1.85. The molecule has 0 saturated carbocycles. The summed E-state index contributed by atoms with van der Waals surface area (Å²) in [7, 11) is 0. The van der Waals surface area contributed by atoms with E-state index in [1.807, 2.05) is 0 Å². The van der Waals surface area contributed by atoms with Gasteiger partial charge in [0.25, 0.3) is 5.91 Å². The molecule has 0 heterocycles. The molecule has 0 radical (unpaired) electrons. The molecule has 0 aromatic carbocycles. The molecule has 15 heavy (non-hydrogen) atoms. The monoisotopic (exact) mass is 216 g/mol. The van der Waals surface area contributed by atoms with Gasteiger partial charge in [0.05, 0.1) is 0 Å². The standard InChI is InChI=1S/C9H16N2O4/c1-6(3-4-7(2)12)9(14)11-8(13)5-15-10/h6H,3-5,10H2,1-2H3,(H,11,13,14). The van der Waals surface area contributed by atoms with Gasteiger partial charge in [-0.2, -0.15) is 0 Å². The largest absolute Gasteiger partial charge is 0.300 e. The van der Waals surface area contributed by atoms with Gasteiger partial charge in [0, 0.05) is 12.3 Å². The van der Waals surface area contributed by atoms with E-state index in [0.29, 0.717) is 12.8 Å². The number of carbonyl (C=O) groups is 3. The van der Waals surface area contributed by atoms with Crippen LogP contribution in [0.25, 0.3) is 0 Å². The van der Waals surface area contributed by atoms with Crippen LogP contribution in [0.5, 0.6) is 0 Å². The molecule has 3 N–H and O–H groups in total. The molecule has 0 aliphatic carbocycles. The van der Waals surface area contributed by atoms with Crippen molar-refractivity contribution in [1.29, 1.82) is 0 Å². The summed E-state index contributed by atoms with van der Waals surface area (Å²) >= 11 is 0. The third kappa shape index (κ3) is 6.75. The van der Waals surface area contributed by atoms with Crippen LogP contribution < -0.4 is 11.2 Å². The van der Waals surface area contributed by atoms with Crippen molar-refractivity contribution in [2.45, 2.75) is 26.7 Å². The van der Waals surface area contributed by atoms with E-state index in [1.54, 1.807) is 6.92 Å². The Kier molecular flexibility index (Phi) is 6.48. The number of nitrogens with two attached hydrogens (primary N) is 1. The first-order valence-corrected chi connectivity index (χ1v) is 4.62. The van der Waals surface area contributed by atoms with Gasteiger partial charge in [0.2, 0.25) is 5.91 Å². The van der Waals surface area contributed by atoms with Gasteiger partial charge < -0.3 is 4.79 Å². The SMILES string of the molecule is CC(=O)CCC(C)C(=O)NC(=O)CON. The predicted octanol–water partition coefficient (Wildman–Crippen LogP) is -0.475. The van der Waals surface area contributed by atoms with Gasteiger partial charge in [-0.1, -0.05) is 6.92 Å². The average Bonchev–Trinajstić information content (AvgIpc) is 2.14. The van der Waals surface area contributed by atoms with E-state index in [2.05, 4.69) is 16.1 Å². The maximum atomic E-state index is 11.3. The van der Waals surface area contributed by atoms with Crippen molar-refractivity contribution in [3.8, 4) is 0 Å². The molecule has 6 heteroatoms. The lowest BCUT2D eigenvalue weighted by molar-refractivity contribution is -0.135. The second-order valence-electron chi connectivity index (χ2n) is 3.37. The zero-order valence-electron chi connectivity index (χ0n) is 8.91. The molecule has 0 aliphatic heterocycles. The van der Waals surface area contributed by atoms with E-state index in [-0.39, 0.29) is 18.3 Å². The molecule has 1 unspecified atom stereocenters. The van der Waals surface area contributed by atoms with E-state index >= 15 is 0 Å². The molecule has 0 spiro atoms. The Morgan fingerprint density at radius 2 is 2.00 bits per heavy atom. The minimum atomic E-state index is -0.586. The first-order chi connectivity index (χ1) is 6.97. The van der Waals surface area contributed by atoms with Gasteiger partial charge in [0.15, 0.2) is 0 Å². The Morgan fingerprint density at radius 3 is 2.47 bits per heavy atom. The summed E-state index contributed by atoms with van der Waals surface area (Å²) in [4.78, 5) is 36.9. The Hall–Kier alpha value is -1.27. The Labute approximate surface area is 88.1 Å². The highest BCUT2D eigenvalue weighted by Crippen LogP contribution is 2.05. The number of Topliss-reactive ketones (excluding diaryl/α,β-unsaturated/α-hetero) is 1. The highest BCUT2D eigenvalue weighted by atomic mass is 16.6. The maximum absolute atomic E-state index is 11.3. The summed E-state index contributed by atoms with van der Waals surface area (Å²) in [6.45, 7) is 2.75. The molecule has 0 saturated heterocycles. The minimum Gasteiger partial charge on any atom is -0.300 e. The molecule has 0 aromatic heterocycles. The number of imide groups is 1. The molecule has 2 amide bonds. The minimum absolute atomic E-state index is 0.0197. The predicted molar refractivity (Wildman–Crippen MR) is 52.4 cm³/mol. The quantitative estimate of drug-likeness (QED) is 0.584. The van der Waals surface area contributed by atoms with Gasteiger partial charge in [-0.05, 0) is 13.3 Å². The van der Waals surface area contributed by atoms with Crippen LogP contribution in [-0.4, -0.2) is 24.2 Å². The first kappa shape index (κ1) is 13.7. The number of nitrogens with one attached hydrogen (secondary N) is 1. The topological polar surface area (TPSA) is 98.5 Å². The summed E-state index contributed by atoms with van der Waals surface area (Å²) < 4.78 is 0. The highest BCUT2D eigenvalue weighted by Gasteiger charge is 2.15. The van der Waals surface area contributed by atoms with Crippen molar-refractivity contribution in [3.05, 3.63) is 0 Å². The number of amides is 2. The molecule has 0 rings (SSSR count). The Bertz CT molecular complexity index is 252. The smallest absolute Gasteiger partial charge is 0.254 e. The first-order valence-electron chi connectivity index (χ1n) is 4.62. The van der Waals surface area contributed by atoms with Crippen molar-refractivity contribution in [2.75, 3.05) is 6.61 Å².